The number of aliphatic hydroxyl groups is 1. The summed E-state index contributed by atoms with van der Waals surface area (Å²) in [5.41, 5.74) is 1.01. The highest BCUT2D eigenvalue weighted by atomic mass is 16.5. The Hall–Kier alpha value is -2.86. The Morgan fingerprint density at radius 3 is 2.08 bits per heavy atom. The Kier molecular flexibility index (Phi) is 18.9. The third kappa shape index (κ3) is 12.1. The topological polar surface area (TPSA) is 129 Å². The van der Waals surface area contributed by atoms with E-state index in [9.17, 15) is 24.3 Å². The van der Waals surface area contributed by atoms with Crippen molar-refractivity contribution in [2.45, 2.75) is 123 Å². The highest BCUT2D eigenvalue weighted by Gasteiger charge is 2.43. The summed E-state index contributed by atoms with van der Waals surface area (Å²) in [6, 6.07) is 8.25. The molecule has 0 aliphatic carbocycles. The van der Waals surface area contributed by atoms with Crippen molar-refractivity contribution in [2.24, 2.45) is 29.6 Å². The van der Waals surface area contributed by atoms with Gasteiger partial charge in [0.2, 0.25) is 17.7 Å². The van der Waals surface area contributed by atoms with Gasteiger partial charge in [0.15, 0.2) is 5.78 Å². The van der Waals surface area contributed by atoms with E-state index in [1.165, 1.54) is 0 Å². The van der Waals surface area contributed by atoms with Crippen molar-refractivity contribution in [2.75, 3.05) is 48.5 Å². The lowest BCUT2D eigenvalue weighted by atomic mass is 9.83. The zero-order chi connectivity index (χ0) is 39.3. The molecule has 296 valence electrons. The van der Waals surface area contributed by atoms with Crippen LogP contribution in [0.5, 0.6) is 0 Å². The number of likely N-dealkylation sites (tertiary alicyclic amines) is 1. The Morgan fingerprint density at radius 2 is 1.58 bits per heavy atom. The standard InChI is InChI=1S/C41H70N4O7/c1-13-28(6)38(44(10)41(50)32(26(2)3)23-34(47)37(27(4)5)43(8)9)35(51-11)24-36(48)45-21-17-20-33(45)39(52-12)29(7)40(49)42-31(25-46)22-30-18-15-14-16-19-30/h14-16,18-19,26-29,31-33,35,37-39,46H,13,17,20-25H2,1-12H3,(H,42,49)/t28-,29+,31-,32-,33-,35+,37-,38-,39+/m0/s1. The molecule has 2 N–H and O–H groups in total. The molecule has 9 atom stereocenters. The molecular formula is C41H70N4O7. The second kappa shape index (κ2) is 21.7. The number of nitrogens with zero attached hydrogens (tertiary/aromatic N) is 3. The van der Waals surface area contributed by atoms with Gasteiger partial charge in [-0.2, -0.15) is 0 Å². The summed E-state index contributed by atoms with van der Waals surface area (Å²) in [6.07, 6.45) is 1.79. The number of carbonyl (C=O) groups is 4. The number of Topliss-reactive ketones (excluding diaryl/α,β-unsaturated/α-hetero) is 1. The highest BCUT2D eigenvalue weighted by Crippen LogP contribution is 2.31. The van der Waals surface area contributed by atoms with Crippen LogP contribution in [0.1, 0.15) is 86.1 Å². The van der Waals surface area contributed by atoms with Gasteiger partial charge in [-0.1, -0.05) is 85.2 Å². The molecule has 11 nitrogen and oxygen atoms in total. The minimum Gasteiger partial charge on any atom is -0.394 e. The van der Waals surface area contributed by atoms with Crippen molar-refractivity contribution in [1.29, 1.82) is 0 Å². The van der Waals surface area contributed by atoms with Crippen molar-refractivity contribution < 1.29 is 33.8 Å². The van der Waals surface area contributed by atoms with Crippen molar-refractivity contribution in [3.05, 3.63) is 35.9 Å². The van der Waals surface area contributed by atoms with Crippen LogP contribution < -0.4 is 5.32 Å². The fourth-order valence-corrected chi connectivity index (χ4v) is 8.16. The van der Waals surface area contributed by atoms with Crippen LogP contribution in [-0.2, 0) is 35.1 Å². The maximum Gasteiger partial charge on any atom is 0.226 e. The summed E-state index contributed by atoms with van der Waals surface area (Å²) in [5.74, 6) is -1.43. The maximum atomic E-state index is 14.3. The fourth-order valence-electron chi connectivity index (χ4n) is 8.16. The molecule has 1 heterocycles. The van der Waals surface area contributed by atoms with E-state index in [2.05, 4.69) is 19.2 Å². The molecule has 1 aliphatic heterocycles. The van der Waals surface area contributed by atoms with E-state index in [1.54, 1.807) is 33.1 Å². The van der Waals surface area contributed by atoms with Gasteiger partial charge in [0.05, 0.1) is 55.3 Å². The molecule has 52 heavy (non-hydrogen) atoms. The zero-order valence-corrected chi connectivity index (χ0v) is 34.1. The molecule has 1 saturated heterocycles. The molecule has 1 fully saturated rings. The van der Waals surface area contributed by atoms with Gasteiger partial charge in [-0.3, -0.25) is 24.1 Å². The van der Waals surface area contributed by atoms with Gasteiger partial charge in [-0.25, -0.2) is 0 Å². The van der Waals surface area contributed by atoms with Crippen molar-refractivity contribution >= 4 is 23.5 Å². The lowest BCUT2D eigenvalue weighted by Crippen LogP contribution is -2.55. The third-order valence-electron chi connectivity index (χ3n) is 11.2. The van der Waals surface area contributed by atoms with Crippen LogP contribution >= 0.6 is 0 Å². The van der Waals surface area contributed by atoms with Crippen LogP contribution in [-0.4, -0.2) is 128 Å². The third-order valence-corrected chi connectivity index (χ3v) is 11.2. The molecule has 0 bridgehead atoms. The van der Waals surface area contributed by atoms with Crippen LogP contribution in [0.25, 0.3) is 0 Å². The summed E-state index contributed by atoms with van der Waals surface area (Å²) in [6.45, 7) is 14.3. The number of ketones is 1. The monoisotopic (exact) mass is 731 g/mol. The molecule has 0 spiro atoms. The van der Waals surface area contributed by atoms with E-state index in [4.69, 9.17) is 9.47 Å². The summed E-state index contributed by atoms with van der Waals surface area (Å²) in [7, 11) is 8.72. The molecule has 11 heteroatoms. The van der Waals surface area contributed by atoms with E-state index < -0.39 is 36.1 Å². The van der Waals surface area contributed by atoms with E-state index in [1.807, 2.05) is 81.9 Å². The molecule has 1 aliphatic rings. The number of hydrogen-bond acceptors (Lipinski definition) is 8. The van der Waals surface area contributed by atoms with Gasteiger partial charge in [-0.05, 0) is 56.7 Å². The smallest absolute Gasteiger partial charge is 0.226 e. The number of rotatable bonds is 22. The number of amides is 3. The van der Waals surface area contributed by atoms with Crippen LogP contribution in [0.2, 0.25) is 0 Å². The number of nitrogens with one attached hydrogen (secondary N) is 1. The number of aliphatic hydroxyl groups excluding tert-OH is 1. The first kappa shape index (κ1) is 45.3. The molecule has 0 radical (unpaired) electrons. The number of benzene rings is 1. The first-order valence-corrected chi connectivity index (χ1v) is 19.3. The second-order valence-corrected chi connectivity index (χ2v) is 15.8. The zero-order valence-electron chi connectivity index (χ0n) is 34.1. The van der Waals surface area contributed by atoms with Gasteiger partial charge >= 0.3 is 0 Å². The normalized spacial score (nSPS) is 19.5. The molecule has 0 saturated carbocycles. The Labute approximate surface area is 314 Å². The minimum atomic E-state index is -0.587. The molecule has 0 aromatic heterocycles. The van der Waals surface area contributed by atoms with Gasteiger partial charge in [0, 0.05) is 40.2 Å². The van der Waals surface area contributed by atoms with Crippen molar-refractivity contribution in [3.63, 3.8) is 0 Å². The number of hydrogen-bond donors (Lipinski definition) is 2. The summed E-state index contributed by atoms with van der Waals surface area (Å²) in [4.78, 5) is 60.9. The minimum absolute atomic E-state index is 0.0144. The maximum absolute atomic E-state index is 14.3. The van der Waals surface area contributed by atoms with Crippen LogP contribution in [0.15, 0.2) is 30.3 Å². The first-order valence-electron chi connectivity index (χ1n) is 19.3. The predicted octanol–water partition coefficient (Wildman–Crippen LogP) is 4.44. The van der Waals surface area contributed by atoms with Crippen molar-refractivity contribution in [1.82, 2.24) is 20.0 Å². The average molecular weight is 731 g/mol. The second-order valence-electron chi connectivity index (χ2n) is 15.8. The summed E-state index contributed by atoms with van der Waals surface area (Å²) >= 11 is 0. The Balaban J connectivity index is 2.25. The number of ether oxygens (including phenoxy) is 2. The van der Waals surface area contributed by atoms with E-state index >= 15 is 0 Å². The van der Waals surface area contributed by atoms with Crippen LogP contribution in [0.3, 0.4) is 0 Å². The number of carbonyl (C=O) groups excluding carboxylic acids is 4. The molecule has 2 rings (SSSR count). The molecule has 3 amide bonds. The van der Waals surface area contributed by atoms with Crippen LogP contribution in [0, 0.1) is 29.6 Å². The lowest BCUT2D eigenvalue weighted by Gasteiger charge is -2.41. The highest BCUT2D eigenvalue weighted by molar-refractivity contribution is 5.90. The first-order chi connectivity index (χ1) is 24.5. The molecule has 0 unspecified atom stereocenters. The molecular weight excluding hydrogens is 660 g/mol. The summed E-state index contributed by atoms with van der Waals surface area (Å²) in [5, 5.41) is 13.0. The molecule has 1 aromatic rings. The van der Waals surface area contributed by atoms with Gasteiger partial charge in [-0.15, -0.1) is 0 Å². The lowest BCUT2D eigenvalue weighted by molar-refractivity contribution is -0.149. The quantitative estimate of drug-likeness (QED) is 0.179. The SMILES string of the molecule is CC[C@H](C)[C@@H]([C@@H](CC(=O)N1CCC[C@H]1[C@H](OC)[C@@H](C)C(=O)N[C@H](CO)Cc1ccccc1)OC)N(C)C(=O)[C@@H](CC(=O)[C@H](C(C)C)N(C)C)C(C)C. The van der Waals surface area contributed by atoms with E-state index in [0.717, 1.165) is 18.4 Å². The van der Waals surface area contributed by atoms with Crippen molar-refractivity contribution in [3.8, 4) is 0 Å². The predicted molar refractivity (Wildman–Crippen MR) is 206 cm³/mol. The number of likely N-dealkylation sites (N-methyl/N-ethyl adjacent to an activating group) is 2. The molecule has 1 aromatic carbocycles. The van der Waals surface area contributed by atoms with Gasteiger partial charge < -0.3 is 29.7 Å². The van der Waals surface area contributed by atoms with Gasteiger partial charge in [0.1, 0.15) is 0 Å². The number of methoxy groups -OCH3 is 2. The average Bonchev–Trinajstić information content (AvgIpc) is 3.59. The van der Waals surface area contributed by atoms with Gasteiger partial charge in [0.25, 0.3) is 0 Å². The summed E-state index contributed by atoms with van der Waals surface area (Å²) < 4.78 is 12.0. The van der Waals surface area contributed by atoms with E-state index in [-0.39, 0.29) is 72.8 Å². The Bertz CT molecular complexity index is 1250. The van der Waals surface area contributed by atoms with Crippen LogP contribution in [0.4, 0.5) is 0 Å². The van der Waals surface area contributed by atoms with E-state index in [0.29, 0.717) is 19.4 Å². The largest absolute Gasteiger partial charge is 0.394 e. The fraction of sp³-hybridized carbons (Fsp3) is 0.756. The Morgan fingerprint density at radius 1 is 0.942 bits per heavy atom.